The number of aliphatic hydroxyl groups is 1. The van der Waals surface area contributed by atoms with Gasteiger partial charge >= 0.3 is 0 Å². The molecule has 0 spiro atoms. The Morgan fingerprint density at radius 2 is 2.12 bits per heavy atom. The summed E-state index contributed by atoms with van der Waals surface area (Å²) < 4.78 is 3.53. The highest BCUT2D eigenvalue weighted by Gasteiger charge is 2.10. The molecule has 0 aliphatic heterocycles. The minimum atomic E-state index is -0.662. The Morgan fingerprint density at radius 3 is 2.81 bits per heavy atom. The van der Waals surface area contributed by atoms with Crippen molar-refractivity contribution in [2.45, 2.75) is 12.6 Å². The van der Waals surface area contributed by atoms with Gasteiger partial charge in [0.2, 0.25) is 0 Å². The second-order valence-electron chi connectivity index (χ2n) is 5.61. The summed E-state index contributed by atoms with van der Waals surface area (Å²) in [4.78, 5) is 8.65. The third kappa shape index (κ3) is 5.08. The van der Waals surface area contributed by atoms with Crippen molar-refractivity contribution in [2.75, 3.05) is 13.6 Å². The topological polar surface area (TPSA) is 91.8 Å². The quantitative estimate of drug-likeness (QED) is 0.288. The number of imidazole rings is 1. The summed E-state index contributed by atoms with van der Waals surface area (Å²) in [5.41, 5.74) is 2.44. The third-order valence-corrected chi connectivity index (χ3v) is 3.92. The number of aliphatic hydroxyl groups excluding tert-OH is 1. The van der Waals surface area contributed by atoms with Gasteiger partial charge in [0.15, 0.2) is 5.96 Å². The number of rotatable bonds is 5. The molecule has 0 bridgehead atoms. The molecular formula is C16H21ClIN7O. The van der Waals surface area contributed by atoms with E-state index in [0.29, 0.717) is 24.1 Å². The zero-order chi connectivity index (χ0) is 17.8. The lowest BCUT2D eigenvalue weighted by Crippen LogP contribution is -2.39. The number of aryl methyl sites for hydroxylation is 1. The van der Waals surface area contributed by atoms with Crippen LogP contribution >= 0.6 is 35.6 Å². The van der Waals surface area contributed by atoms with Crippen LogP contribution in [0.15, 0.2) is 41.9 Å². The van der Waals surface area contributed by atoms with Gasteiger partial charge in [-0.05, 0) is 12.1 Å². The summed E-state index contributed by atoms with van der Waals surface area (Å²) in [6, 6.07) is 3.67. The van der Waals surface area contributed by atoms with E-state index in [9.17, 15) is 5.11 Å². The molecule has 26 heavy (non-hydrogen) atoms. The molecule has 3 heterocycles. The molecule has 3 aromatic heterocycles. The van der Waals surface area contributed by atoms with Crippen molar-refractivity contribution in [3.05, 3.63) is 53.2 Å². The van der Waals surface area contributed by atoms with Crippen LogP contribution < -0.4 is 10.6 Å². The summed E-state index contributed by atoms with van der Waals surface area (Å²) >= 11 is 5.98. The van der Waals surface area contributed by atoms with Gasteiger partial charge in [0.25, 0.3) is 0 Å². The van der Waals surface area contributed by atoms with E-state index in [4.69, 9.17) is 11.6 Å². The number of pyridine rings is 1. The van der Waals surface area contributed by atoms with Crippen molar-refractivity contribution in [1.82, 2.24) is 29.8 Å². The van der Waals surface area contributed by atoms with Crippen molar-refractivity contribution < 1.29 is 5.11 Å². The molecule has 0 amide bonds. The van der Waals surface area contributed by atoms with Gasteiger partial charge in [-0.3, -0.25) is 9.67 Å². The molecule has 10 heteroatoms. The minimum absolute atomic E-state index is 0. The van der Waals surface area contributed by atoms with Crippen LogP contribution in [0.3, 0.4) is 0 Å². The summed E-state index contributed by atoms with van der Waals surface area (Å²) in [7, 11) is 3.49. The average molecular weight is 490 g/mol. The van der Waals surface area contributed by atoms with Crippen LogP contribution in [-0.4, -0.2) is 43.8 Å². The zero-order valence-corrected chi connectivity index (χ0v) is 17.5. The molecule has 0 fully saturated rings. The molecule has 3 N–H and O–H groups in total. The van der Waals surface area contributed by atoms with E-state index in [1.165, 1.54) is 0 Å². The number of guanidine groups is 1. The van der Waals surface area contributed by atoms with Crippen molar-refractivity contribution >= 4 is 47.2 Å². The number of aromatic nitrogens is 4. The number of nitrogens with one attached hydrogen (secondary N) is 2. The Morgan fingerprint density at radius 1 is 1.31 bits per heavy atom. The average Bonchev–Trinajstić information content (AvgIpc) is 3.20. The Kier molecular flexibility index (Phi) is 7.23. The molecule has 0 saturated carbocycles. The Balaban J connectivity index is 0.00000243. The second-order valence-corrected chi connectivity index (χ2v) is 6.05. The fourth-order valence-electron chi connectivity index (χ4n) is 2.42. The molecule has 8 nitrogen and oxygen atoms in total. The predicted molar refractivity (Wildman–Crippen MR) is 112 cm³/mol. The molecule has 1 unspecified atom stereocenters. The highest BCUT2D eigenvalue weighted by molar-refractivity contribution is 14.0. The predicted octanol–water partition coefficient (Wildman–Crippen LogP) is 1.74. The highest BCUT2D eigenvalue weighted by Crippen LogP contribution is 2.12. The first-order valence-electron chi connectivity index (χ1n) is 7.79. The van der Waals surface area contributed by atoms with Gasteiger partial charge in [-0.25, -0.2) is 4.98 Å². The van der Waals surface area contributed by atoms with Crippen molar-refractivity contribution in [2.24, 2.45) is 12.0 Å². The SMILES string of the molecule is CN=C(NCc1cn2cc(Cl)ccc2n1)NCC(O)c1cnn(C)c1.I. The first-order chi connectivity index (χ1) is 12.0. The number of fused-ring (bicyclic) bond motifs is 1. The van der Waals surface area contributed by atoms with Gasteiger partial charge in [0.1, 0.15) is 5.65 Å². The van der Waals surface area contributed by atoms with E-state index < -0.39 is 6.10 Å². The molecule has 0 aromatic carbocycles. The molecule has 3 rings (SSSR count). The monoisotopic (exact) mass is 489 g/mol. The minimum Gasteiger partial charge on any atom is -0.386 e. The lowest BCUT2D eigenvalue weighted by molar-refractivity contribution is 0.180. The van der Waals surface area contributed by atoms with Gasteiger partial charge in [0, 0.05) is 44.8 Å². The van der Waals surface area contributed by atoms with E-state index in [0.717, 1.165) is 16.9 Å². The van der Waals surface area contributed by atoms with Gasteiger partial charge in [0.05, 0.1) is 29.6 Å². The largest absolute Gasteiger partial charge is 0.386 e. The standard InChI is InChI=1S/C16H20ClN7O.HI/c1-18-16(20-7-14(25)11-5-21-23(2)8-11)19-6-13-10-24-9-12(17)3-4-15(24)22-13;/h3-5,8-10,14,25H,6-7H2,1-2H3,(H2,18,19,20);1H. The summed E-state index contributed by atoms with van der Waals surface area (Å²) in [6.07, 6.45) is 6.48. The van der Waals surface area contributed by atoms with Crippen molar-refractivity contribution in [3.8, 4) is 0 Å². The van der Waals surface area contributed by atoms with Crippen LogP contribution in [0.25, 0.3) is 5.65 Å². The molecular weight excluding hydrogens is 469 g/mol. The lowest BCUT2D eigenvalue weighted by Gasteiger charge is -2.14. The normalized spacial score (nSPS) is 12.7. The maximum Gasteiger partial charge on any atom is 0.191 e. The van der Waals surface area contributed by atoms with Gasteiger partial charge in [-0.15, -0.1) is 24.0 Å². The van der Waals surface area contributed by atoms with Gasteiger partial charge in [-0.2, -0.15) is 5.10 Å². The third-order valence-electron chi connectivity index (χ3n) is 3.70. The number of hydrogen-bond acceptors (Lipinski definition) is 4. The first-order valence-corrected chi connectivity index (χ1v) is 8.17. The fraction of sp³-hybridized carbons (Fsp3) is 0.312. The Bertz CT molecular complexity index is 892. The number of hydrogen-bond donors (Lipinski definition) is 3. The fourth-order valence-corrected chi connectivity index (χ4v) is 2.59. The molecule has 3 aromatic rings. The van der Waals surface area contributed by atoms with E-state index in [1.807, 2.05) is 29.9 Å². The smallest absolute Gasteiger partial charge is 0.191 e. The summed E-state index contributed by atoms with van der Waals surface area (Å²) in [5.74, 6) is 0.582. The van der Waals surface area contributed by atoms with Crippen LogP contribution in [0, 0.1) is 0 Å². The second kappa shape index (κ2) is 9.19. The van der Waals surface area contributed by atoms with Crippen LogP contribution in [0.4, 0.5) is 0 Å². The Hall–Kier alpha value is -1.85. The lowest BCUT2D eigenvalue weighted by atomic mass is 10.2. The first kappa shape index (κ1) is 20.5. The van der Waals surface area contributed by atoms with Crippen molar-refractivity contribution in [3.63, 3.8) is 0 Å². The number of aliphatic imine (C=N–C) groups is 1. The molecule has 140 valence electrons. The zero-order valence-electron chi connectivity index (χ0n) is 14.4. The van der Waals surface area contributed by atoms with Crippen LogP contribution in [0.5, 0.6) is 0 Å². The van der Waals surface area contributed by atoms with E-state index in [2.05, 4.69) is 25.7 Å². The molecule has 0 radical (unpaired) electrons. The summed E-state index contributed by atoms with van der Waals surface area (Å²) in [5, 5.41) is 21.1. The number of nitrogens with zero attached hydrogens (tertiary/aromatic N) is 5. The molecule has 0 aliphatic rings. The van der Waals surface area contributed by atoms with Crippen LogP contribution in [0.2, 0.25) is 5.02 Å². The Labute approximate surface area is 173 Å². The molecule has 0 aliphatic carbocycles. The maximum absolute atomic E-state index is 10.2. The maximum atomic E-state index is 10.2. The summed E-state index contributed by atoms with van der Waals surface area (Å²) in [6.45, 7) is 0.827. The van der Waals surface area contributed by atoms with E-state index >= 15 is 0 Å². The van der Waals surface area contributed by atoms with Crippen LogP contribution in [0.1, 0.15) is 17.4 Å². The van der Waals surface area contributed by atoms with E-state index in [-0.39, 0.29) is 24.0 Å². The molecule has 1 atom stereocenters. The van der Waals surface area contributed by atoms with Gasteiger partial charge in [-0.1, -0.05) is 11.6 Å². The highest BCUT2D eigenvalue weighted by atomic mass is 127. The van der Waals surface area contributed by atoms with Gasteiger partial charge < -0.3 is 20.1 Å². The van der Waals surface area contributed by atoms with E-state index in [1.54, 1.807) is 30.2 Å². The number of halogens is 2. The van der Waals surface area contributed by atoms with Crippen molar-refractivity contribution in [1.29, 1.82) is 0 Å². The van der Waals surface area contributed by atoms with Crippen LogP contribution in [-0.2, 0) is 13.6 Å². The molecule has 0 saturated heterocycles.